The molecule has 0 bridgehead atoms. The highest BCUT2D eigenvalue weighted by atomic mass is 16.1. The van der Waals surface area contributed by atoms with Gasteiger partial charge in [0.05, 0.1) is 0 Å². The second-order valence-corrected chi connectivity index (χ2v) is 2.81. The molecule has 0 radical (unpaired) electrons. The minimum absolute atomic E-state index is 0.222. The zero-order valence-corrected chi connectivity index (χ0v) is 7.74. The maximum Gasteiger partial charge on any atom is 0.251 e. The van der Waals surface area contributed by atoms with Gasteiger partial charge in [-0.1, -0.05) is 0 Å². The van der Waals surface area contributed by atoms with Crippen molar-refractivity contribution < 1.29 is 4.79 Å². The highest BCUT2D eigenvalue weighted by Gasteiger charge is 2.08. The van der Waals surface area contributed by atoms with Gasteiger partial charge in [-0.05, 0) is 30.6 Å². The smallest absolute Gasteiger partial charge is 0.251 e. The topological polar surface area (TPSA) is 98.7 Å². The molecule has 0 aliphatic heterocycles. The van der Waals surface area contributed by atoms with Gasteiger partial charge in [-0.25, -0.2) is 0 Å². The van der Waals surface area contributed by atoms with E-state index in [1.165, 1.54) is 6.07 Å². The van der Waals surface area contributed by atoms with Crippen molar-refractivity contribution in [3.63, 3.8) is 0 Å². The summed E-state index contributed by atoms with van der Waals surface area (Å²) in [6, 6.07) is 1.41. The Labute approximate surface area is 79.2 Å². The molecule has 1 heterocycles. The Morgan fingerprint density at radius 3 is 2.79 bits per heavy atom. The highest BCUT2D eigenvalue weighted by molar-refractivity contribution is 5.95. The van der Waals surface area contributed by atoms with Crippen molar-refractivity contribution in [1.82, 2.24) is 4.98 Å². The van der Waals surface area contributed by atoms with E-state index >= 15 is 0 Å². The number of aryl methyl sites for hydroxylation is 2. The van der Waals surface area contributed by atoms with Crippen LogP contribution in [0.25, 0.3) is 10.4 Å². The number of hydrogen-bond acceptors (Lipinski definition) is 2. The standard InChI is InChI=1S/C8H8N4O2/c1-4-3-6(8(14)11-12-9)5(2)10-7(4)13/h3H,1-2H3,(H,10,13). The zero-order chi connectivity index (χ0) is 10.7. The Balaban J connectivity index is 3.36. The Kier molecular flexibility index (Phi) is 2.69. The summed E-state index contributed by atoms with van der Waals surface area (Å²) in [7, 11) is 0. The van der Waals surface area contributed by atoms with Gasteiger partial charge in [-0.15, -0.1) is 0 Å². The number of hydrogen-bond donors (Lipinski definition) is 1. The van der Waals surface area contributed by atoms with E-state index in [1.807, 2.05) is 0 Å². The minimum atomic E-state index is -0.690. The number of aromatic amines is 1. The maximum atomic E-state index is 11.2. The van der Waals surface area contributed by atoms with Crippen molar-refractivity contribution in [2.75, 3.05) is 0 Å². The third kappa shape index (κ3) is 1.81. The first-order valence-corrected chi connectivity index (χ1v) is 3.86. The predicted octanol–water partition coefficient (Wildman–Crippen LogP) is 1.44. The van der Waals surface area contributed by atoms with Crippen LogP contribution in [0.5, 0.6) is 0 Å². The van der Waals surface area contributed by atoms with E-state index in [1.54, 1.807) is 13.8 Å². The molecule has 0 atom stereocenters. The number of carbonyl (C=O) groups excluding carboxylic acids is 1. The number of rotatable bonds is 1. The van der Waals surface area contributed by atoms with Crippen molar-refractivity contribution in [2.24, 2.45) is 5.11 Å². The molecule has 0 saturated heterocycles. The summed E-state index contributed by atoms with van der Waals surface area (Å²) in [6.45, 7) is 3.14. The van der Waals surface area contributed by atoms with Gasteiger partial charge in [0, 0.05) is 21.7 Å². The lowest BCUT2D eigenvalue weighted by atomic mass is 10.1. The fourth-order valence-electron chi connectivity index (χ4n) is 1.04. The van der Waals surface area contributed by atoms with Gasteiger partial charge < -0.3 is 4.98 Å². The van der Waals surface area contributed by atoms with Crippen LogP contribution in [0.4, 0.5) is 0 Å². The predicted molar refractivity (Wildman–Crippen MR) is 50.0 cm³/mol. The van der Waals surface area contributed by atoms with E-state index in [0.717, 1.165) is 0 Å². The van der Waals surface area contributed by atoms with Crippen molar-refractivity contribution in [3.05, 3.63) is 43.7 Å². The van der Waals surface area contributed by atoms with E-state index in [-0.39, 0.29) is 11.1 Å². The molecule has 6 heteroatoms. The molecule has 72 valence electrons. The Hall–Kier alpha value is -2.07. The average Bonchev–Trinajstić information content (AvgIpc) is 2.11. The first-order valence-electron chi connectivity index (χ1n) is 3.86. The summed E-state index contributed by atoms with van der Waals surface area (Å²) in [6.07, 6.45) is 0. The van der Waals surface area contributed by atoms with Crippen LogP contribution in [0, 0.1) is 13.8 Å². The van der Waals surface area contributed by atoms with Crippen LogP contribution in [0.3, 0.4) is 0 Å². The Morgan fingerprint density at radius 1 is 1.57 bits per heavy atom. The van der Waals surface area contributed by atoms with E-state index in [2.05, 4.69) is 15.0 Å². The van der Waals surface area contributed by atoms with Crippen LogP contribution in [-0.2, 0) is 0 Å². The van der Waals surface area contributed by atoms with Crippen LogP contribution in [0.1, 0.15) is 21.6 Å². The van der Waals surface area contributed by atoms with E-state index in [9.17, 15) is 9.59 Å². The number of azide groups is 1. The molecule has 1 aromatic rings. The van der Waals surface area contributed by atoms with E-state index < -0.39 is 5.91 Å². The molecule has 1 aromatic heterocycles. The summed E-state index contributed by atoms with van der Waals surface area (Å²) >= 11 is 0. The van der Waals surface area contributed by atoms with Crippen LogP contribution in [0.15, 0.2) is 16.0 Å². The van der Waals surface area contributed by atoms with Crippen LogP contribution in [-0.4, -0.2) is 10.9 Å². The molecular formula is C8H8N4O2. The van der Waals surface area contributed by atoms with Crippen LogP contribution in [0.2, 0.25) is 0 Å². The second-order valence-electron chi connectivity index (χ2n) is 2.81. The van der Waals surface area contributed by atoms with Gasteiger partial charge in [0.15, 0.2) is 0 Å². The van der Waals surface area contributed by atoms with E-state index in [4.69, 9.17) is 5.53 Å². The largest absolute Gasteiger partial charge is 0.326 e. The molecular weight excluding hydrogens is 184 g/mol. The minimum Gasteiger partial charge on any atom is -0.326 e. The number of aromatic nitrogens is 1. The number of H-pyrrole nitrogens is 1. The lowest BCUT2D eigenvalue weighted by Crippen LogP contribution is -2.14. The summed E-state index contributed by atoms with van der Waals surface area (Å²) < 4.78 is 0. The molecule has 1 amide bonds. The molecule has 0 aliphatic rings. The molecule has 0 unspecified atom stereocenters. The number of carbonyl (C=O) groups is 1. The lowest BCUT2D eigenvalue weighted by molar-refractivity contribution is 0.0999. The number of nitrogens with zero attached hydrogens (tertiary/aromatic N) is 3. The second kappa shape index (κ2) is 3.76. The molecule has 0 aromatic carbocycles. The highest BCUT2D eigenvalue weighted by Crippen LogP contribution is 2.06. The van der Waals surface area contributed by atoms with E-state index in [0.29, 0.717) is 11.3 Å². The van der Waals surface area contributed by atoms with Gasteiger partial charge >= 0.3 is 0 Å². The van der Waals surface area contributed by atoms with Gasteiger partial charge in [0.2, 0.25) is 0 Å². The summed E-state index contributed by atoms with van der Waals surface area (Å²) in [5.74, 6) is -0.690. The van der Waals surface area contributed by atoms with Crippen molar-refractivity contribution in [3.8, 4) is 0 Å². The fourth-order valence-corrected chi connectivity index (χ4v) is 1.04. The normalized spacial score (nSPS) is 9.29. The molecule has 0 spiro atoms. The van der Waals surface area contributed by atoms with Gasteiger partial charge in [0.25, 0.3) is 11.5 Å². The quantitative estimate of drug-likeness (QED) is 0.413. The lowest BCUT2D eigenvalue weighted by Gasteiger charge is -2.01. The van der Waals surface area contributed by atoms with Gasteiger partial charge in [0.1, 0.15) is 0 Å². The number of nitrogens with one attached hydrogen (secondary N) is 1. The summed E-state index contributed by atoms with van der Waals surface area (Å²) in [5, 5.41) is 2.95. The Bertz CT molecular complexity index is 483. The number of pyridine rings is 1. The van der Waals surface area contributed by atoms with Crippen LogP contribution < -0.4 is 5.56 Å². The van der Waals surface area contributed by atoms with Crippen molar-refractivity contribution in [2.45, 2.75) is 13.8 Å². The van der Waals surface area contributed by atoms with Crippen LogP contribution >= 0.6 is 0 Å². The molecule has 0 fully saturated rings. The average molecular weight is 192 g/mol. The van der Waals surface area contributed by atoms with Crippen molar-refractivity contribution in [1.29, 1.82) is 0 Å². The molecule has 0 saturated carbocycles. The Morgan fingerprint density at radius 2 is 2.21 bits per heavy atom. The van der Waals surface area contributed by atoms with Gasteiger partial charge in [-0.3, -0.25) is 9.59 Å². The number of amides is 1. The summed E-state index contributed by atoms with van der Waals surface area (Å²) in [5.41, 5.74) is 8.86. The molecule has 14 heavy (non-hydrogen) atoms. The molecule has 6 nitrogen and oxygen atoms in total. The van der Waals surface area contributed by atoms with Crippen molar-refractivity contribution >= 4 is 5.91 Å². The first kappa shape index (κ1) is 10.0. The first-order chi connectivity index (χ1) is 6.56. The molecule has 1 rings (SSSR count). The summed E-state index contributed by atoms with van der Waals surface area (Å²) in [4.78, 5) is 27.2. The SMILES string of the molecule is Cc1[nH]c(=O)c(C)cc1C(=O)N=[N+]=[N-]. The monoisotopic (exact) mass is 192 g/mol. The third-order valence-electron chi connectivity index (χ3n) is 1.79. The maximum absolute atomic E-state index is 11.2. The molecule has 0 aliphatic carbocycles. The third-order valence-corrected chi connectivity index (χ3v) is 1.79. The fraction of sp³-hybridized carbons (Fsp3) is 0.250. The molecule has 1 N–H and O–H groups in total. The zero-order valence-electron chi connectivity index (χ0n) is 7.74. The van der Waals surface area contributed by atoms with Gasteiger partial charge in [-0.2, -0.15) is 0 Å².